The lowest BCUT2D eigenvalue weighted by Gasteiger charge is -2.34. The largest absolute Gasteiger partial charge is 0.365 e. The Morgan fingerprint density at radius 2 is 1.82 bits per heavy atom. The number of hydrogen-bond acceptors (Lipinski definition) is 1. The average molecular weight is 229 g/mol. The van der Waals surface area contributed by atoms with E-state index in [2.05, 4.69) is 63.8 Å². The van der Waals surface area contributed by atoms with Gasteiger partial charge in [0, 0.05) is 23.8 Å². The van der Waals surface area contributed by atoms with Crippen LogP contribution in [0.1, 0.15) is 51.7 Å². The first-order valence-electron chi connectivity index (χ1n) is 6.58. The molecule has 0 bridgehead atoms. The molecule has 1 heterocycles. The molecule has 0 spiro atoms. The summed E-state index contributed by atoms with van der Waals surface area (Å²) in [7, 11) is 0. The molecule has 0 amide bonds. The van der Waals surface area contributed by atoms with Crippen LogP contribution in [0.2, 0.25) is 0 Å². The van der Waals surface area contributed by atoms with Crippen LogP contribution >= 0.6 is 0 Å². The maximum absolute atomic E-state index is 2.48. The van der Waals surface area contributed by atoms with Crippen molar-refractivity contribution in [3.8, 4) is 0 Å². The first kappa shape index (κ1) is 12.2. The van der Waals surface area contributed by atoms with Gasteiger partial charge in [0.25, 0.3) is 0 Å². The van der Waals surface area contributed by atoms with Crippen molar-refractivity contribution in [2.45, 2.75) is 46.6 Å². The fraction of sp³-hybridized carbons (Fsp3) is 0.500. The summed E-state index contributed by atoms with van der Waals surface area (Å²) in [6, 6.07) is 7.48. The number of nitrogens with zero attached hydrogens (tertiary/aromatic N) is 1. The highest BCUT2D eigenvalue weighted by Gasteiger charge is 2.19. The molecule has 0 aliphatic carbocycles. The van der Waals surface area contributed by atoms with Crippen LogP contribution in [0.4, 0.5) is 5.69 Å². The molecule has 0 saturated carbocycles. The molecule has 92 valence electrons. The minimum Gasteiger partial charge on any atom is -0.365 e. The normalized spacial score (nSPS) is 15.2. The number of benzene rings is 1. The highest BCUT2D eigenvalue weighted by molar-refractivity contribution is 5.79. The number of allylic oxidation sites excluding steroid dienone is 1. The van der Waals surface area contributed by atoms with Crippen LogP contribution in [-0.2, 0) is 0 Å². The fourth-order valence-corrected chi connectivity index (χ4v) is 2.41. The van der Waals surface area contributed by atoms with Crippen LogP contribution in [0, 0.1) is 0 Å². The summed E-state index contributed by atoms with van der Waals surface area (Å²) in [5, 5.41) is 0. The molecule has 1 heteroatoms. The first-order valence-corrected chi connectivity index (χ1v) is 6.58. The number of hydrogen-bond donors (Lipinski definition) is 0. The Kier molecular flexibility index (Phi) is 3.28. The van der Waals surface area contributed by atoms with Crippen molar-refractivity contribution in [3.05, 3.63) is 35.4 Å². The zero-order chi connectivity index (χ0) is 12.6. The zero-order valence-electron chi connectivity index (χ0n) is 11.6. The Morgan fingerprint density at radius 3 is 2.41 bits per heavy atom. The smallest absolute Gasteiger partial charge is 0.0450 e. The highest BCUT2D eigenvalue weighted by atomic mass is 15.2. The van der Waals surface area contributed by atoms with Crippen LogP contribution in [0.15, 0.2) is 24.3 Å². The first-order chi connectivity index (χ1) is 8.00. The Balaban J connectivity index is 2.51. The van der Waals surface area contributed by atoms with Crippen LogP contribution in [0.5, 0.6) is 0 Å². The minimum absolute atomic E-state index is 0.556. The quantitative estimate of drug-likeness (QED) is 0.724. The van der Waals surface area contributed by atoms with Crippen LogP contribution < -0.4 is 4.90 Å². The second-order valence-electron chi connectivity index (χ2n) is 5.56. The Morgan fingerprint density at radius 1 is 1.12 bits per heavy atom. The molecule has 0 aromatic heterocycles. The van der Waals surface area contributed by atoms with Gasteiger partial charge < -0.3 is 4.90 Å². The third-order valence-electron chi connectivity index (χ3n) is 3.64. The molecule has 0 N–H and O–H groups in total. The van der Waals surface area contributed by atoms with Gasteiger partial charge in [0.2, 0.25) is 0 Å². The van der Waals surface area contributed by atoms with Gasteiger partial charge in [-0.15, -0.1) is 0 Å². The standard InChI is InChI=1S/C16H23N/c1-11(2)14-6-7-15-13(5)8-9-17(12(3)4)16(15)10-14/h6-8,10-12H,9H2,1-5H3. The molecule has 0 fully saturated rings. The summed E-state index contributed by atoms with van der Waals surface area (Å²) in [5.74, 6) is 0.598. The molecular formula is C16H23N. The molecule has 17 heavy (non-hydrogen) atoms. The van der Waals surface area contributed by atoms with E-state index in [9.17, 15) is 0 Å². The maximum Gasteiger partial charge on any atom is 0.0450 e. The maximum atomic E-state index is 2.48. The topological polar surface area (TPSA) is 3.24 Å². The summed E-state index contributed by atoms with van der Waals surface area (Å²) in [6.45, 7) is 12.3. The summed E-state index contributed by atoms with van der Waals surface area (Å²) in [6.07, 6.45) is 2.33. The molecule has 0 unspecified atom stereocenters. The van der Waals surface area contributed by atoms with Gasteiger partial charge in [-0.3, -0.25) is 0 Å². The SMILES string of the molecule is CC1=CCN(C(C)C)c2cc(C(C)C)ccc21. The molecular weight excluding hydrogens is 206 g/mol. The number of anilines is 1. The van der Waals surface area contributed by atoms with Gasteiger partial charge in [-0.25, -0.2) is 0 Å². The molecule has 1 aromatic rings. The third-order valence-corrected chi connectivity index (χ3v) is 3.64. The lowest BCUT2D eigenvalue weighted by molar-refractivity contribution is 0.716. The van der Waals surface area contributed by atoms with Crippen LogP contribution in [-0.4, -0.2) is 12.6 Å². The van der Waals surface area contributed by atoms with E-state index in [4.69, 9.17) is 0 Å². The Bertz CT molecular complexity index is 441. The number of rotatable bonds is 2. The number of fused-ring (bicyclic) bond motifs is 1. The summed E-state index contributed by atoms with van der Waals surface area (Å²) in [4.78, 5) is 2.48. The van der Waals surface area contributed by atoms with Crippen molar-refractivity contribution < 1.29 is 0 Å². The van der Waals surface area contributed by atoms with Gasteiger partial charge >= 0.3 is 0 Å². The second-order valence-corrected chi connectivity index (χ2v) is 5.56. The van der Waals surface area contributed by atoms with Gasteiger partial charge in [0.1, 0.15) is 0 Å². The predicted octanol–water partition coefficient (Wildman–Crippen LogP) is 4.44. The van der Waals surface area contributed by atoms with Gasteiger partial charge in [-0.05, 0) is 43.9 Å². The lowest BCUT2D eigenvalue weighted by Crippen LogP contribution is -2.33. The van der Waals surface area contributed by atoms with Crippen LogP contribution in [0.3, 0.4) is 0 Å². The summed E-state index contributed by atoms with van der Waals surface area (Å²) < 4.78 is 0. The van der Waals surface area contributed by atoms with Crippen molar-refractivity contribution >= 4 is 11.3 Å². The van der Waals surface area contributed by atoms with Crippen LogP contribution in [0.25, 0.3) is 5.57 Å². The van der Waals surface area contributed by atoms with Gasteiger partial charge in [0.15, 0.2) is 0 Å². The van der Waals surface area contributed by atoms with E-state index in [0.717, 1.165) is 6.54 Å². The molecule has 2 rings (SSSR count). The molecule has 1 aromatic carbocycles. The predicted molar refractivity (Wildman–Crippen MR) is 76.7 cm³/mol. The van der Waals surface area contributed by atoms with Gasteiger partial charge in [0.05, 0.1) is 0 Å². The van der Waals surface area contributed by atoms with E-state index in [1.807, 2.05) is 0 Å². The molecule has 1 nitrogen and oxygen atoms in total. The van der Waals surface area contributed by atoms with E-state index in [1.165, 1.54) is 22.4 Å². The zero-order valence-corrected chi connectivity index (χ0v) is 11.6. The Hall–Kier alpha value is -1.24. The fourth-order valence-electron chi connectivity index (χ4n) is 2.41. The van der Waals surface area contributed by atoms with E-state index in [-0.39, 0.29) is 0 Å². The van der Waals surface area contributed by atoms with E-state index >= 15 is 0 Å². The highest BCUT2D eigenvalue weighted by Crippen LogP contribution is 2.34. The average Bonchev–Trinajstić information content (AvgIpc) is 2.28. The Labute approximate surface area is 105 Å². The van der Waals surface area contributed by atoms with E-state index < -0.39 is 0 Å². The van der Waals surface area contributed by atoms with Crippen molar-refractivity contribution in [3.63, 3.8) is 0 Å². The summed E-state index contributed by atoms with van der Waals surface area (Å²) >= 11 is 0. The van der Waals surface area contributed by atoms with Crippen molar-refractivity contribution in [1.29, 1.82) is 0 Å². The van der Waals surface area contributed by atoms with Crippen molar-refractivity contribution in [1.82, 2.24) is 0 Å². The van der Waals surface area contributed by atoms with Crippen molar-refractivity contribution in [2.75, 3.05) is 11.4 Å². The monoisotopic (exact) mass is 229 g/mol. The van der Waals surface area contributed by atoms with E-state index in [0.29, 0.717) is 12.0 Å². The van der Waals surface area contributed by atoms with Crippen molar-refractivity contribution in [2.24, 2.45) is 0 Å². The van der Waals surface area contributed by atoms with Gasteiger partial charge in [-0.1, -0.05) is 32.1 Å². The van der Waals surface area contributed by atoms with E-state index in [1.54, 1.807) is 0 Å². The molecule has 1 aliphatic heterocycles. The molecule has 0 saturated heterocycles. The minimum atomic E-state index is 0.556. The third kappa shape index (κ3) is 2.24. The molecule has 1 aliphatic rings. The second kappa shape index (κ2) is 4.56. The molecule has 0 atom stereocenters. The summed E-state index contributed by atoms with van der Waals surface area (Å²) in [5.41, 5.74) is 5.65. The van der Waals surface area contributed by atoms with Gasteiger partial charge in [-0.2, -0.15) is 0 Å². The lowest BCUT2D eigenvalue weighted by atomic mass is 9.94. The molecule has 0 radical (unpaired) electrons.